The highest BCUT2D eigenvalue weighted by molar-refractivity contribution is 5.95. The van der Waals surface area contributed by atoms with E-state index in [4.69, 9.17) is 0 Å². The van der Waals surface area contributed by atoms with Crippen molar-refractivity contribution < 1.29 is 4.79 Å². The number of nitrogens with one attached hydrogen (secondary N) is 2. The molecule has 0 saturated carbocycles. The molecule has 146 valence electrons. The number of anilines is 2. The van der Waals surface area contributed by atoms with Gasteiger partial charge in [0.2, 0.25) is 5.91 Å². The molecule has 1 unspecified atom stereocenters. The van der Waals surface area contributed by atoms with Crippen molar-refractivity contribution in [3.8, 4) is 0 Å². The lowest BCUT2D eigenvalue weighted by Gasteiger charge is -2.28. The molecule has 2 aliphatic rings. The number of pyridine rings is 1. The Hall–Kier alpha value is -1.82. The number of amides is 1. The first-order valence-corrected chi connectivity index (χ1v) is 9.11. The van der Waals surface area contributed by atoms with Gasteiger partial charge in [-0.1, -0.05) is 24.3 Å². The minimum atomic E-state index is -0.198. The number of carbonyl (C=O) groups is 1. The van der Waals surface area contributed by atoms with Crippen molar-refractivity contribution in [1.82, 2.24) is 10.3 Å². The highest BCUT2D eigenvalue weighted by Gasteiger charge is 2.24. The average molecular weight is 409 g/mol. The van der Waals surface area contributed by atoms with Gasteiger partial charge in [-0.05, 0) is 48.9 Å². The number of rotatable bonds is 3. The maximum absolute atomic E-state index is 12.6. The summed E-state index contributed by atoms with van der Waals surface area (Å²) in [5.41, 5.74) is 3.28. The molecule has 0 aliphatic carbocycles. The Morgan fingerprint density at radius 2 is 1.78 bits per heavy atom. The number of aromatic nitrogens is 1. The van der Waals surface area contributed by atoms with Crippen LogP contribution in [-0.4, -0.2) is 30.0 Å². The van der Waals surface area contributed by atoms with Gasteiger partial charge in [-0.15, -0.1) is 24.8 Å². The van der Waals surface area contributed by atoms with Gasteiger partial charge in [0.25, 0.3) is 0 Å². The van der Waals surface area contributed by atoms with E-state index in [1.807, 2.05) is 24.3 Å². The minimum absolute atomic E-state index is 0. The lowest BCUT2D eigenvalue weighted by Crippen LogP contribution is -2.44. The van der Waals surface area contributed by atoms with Crippen molar-refractivity contribution in [1.29, 1.82) is 0 Å². The number of hydrogen-bond acceptors (Lipinski definition) is 4. The van der Waals surface area contributed by atoms with E-state index in [2.05, 4.69) is 32.7 Å². The summed E-state index contributed by atoms with van der Waals surface area (Å²) < 4.78 is 0. The molecule has 2 aromatic rings. The SMILES string of the molecule is Cl.Cl.O=C(Nc1ccc(N2CCCCC2)nc1)C1Cc2ccccc2CN1. The van der Waals surface area contributed by atoms with Crippen LogP contribution >= 0.6 is 24.8 Å². The van der Waals surface area contributed by atoms with E-state index in [9.17, 15) is 4.79 Å². The minimum Gasteiger partial charge on any atom is -0.357 e. The maximum Gasteiger partial charge on any atom is 0.241 e. The normalized spacial score (nSPS) is 18.5. The van der Waals surface area contributed by atoms with Crippen LogP contribution in [-0.2, 0) is 17.8 Å². The average Bonchev–Trinajstić information content (AvgIpc) is 2.69. The van der Waals surface area contributed by atoms with Gasteiger partial charge in [-0.3, -0.25) is 4.79 Å². The second kappa shape index (κ2) is 9.93. The lowest BCUT2D eigenvalue weighted by molar-refractivity contribution is -0.118. The summed E-state index contributed by atoms with van der Waals surface area (Å²) in [5.74, 6) is 1.00. The molecular weight excluding hydrogens is 383 g/mol. The number of fused-ring (bicyclic) bond motifs is 1. The first-order valence-electron chi connectivity index (χ1n) is 9.11. The van der Waals surface area contributed by atoms with Crippen LogP contribution in [0.4, 0.5) is 11.5 Å². The number of benzene rings is 1. The molecule has 0 bridgehead atoms. The van der Waals surface area contributed by atoms with Gasteiger partial charge >= 0.3 is 0 Å². The topological polar surface area (TPSA) is 57.3 Å². The van der Waals surface area contributed by atoms with E-state index in [0.29, 0.717) is 0 Å². The predicted molar refractivity (Wildman–Crippen MR) is 114 cm³/mol. The smallest absolute Gasteiger partial charge is 0.241 e. The molecule has 2 N–H and O–H groups in total. The Bertz CT molecular complexity index is 748. The Morgan fingerprint density at radius 3 is 2.48 bits per heavy atom. The van der Waals surface area contributed by atoms with E-state index in [-0.39, 0.29) is 36.8 Å². The highest BCUT2D eigenvalue weighted by Crippen LogP contribution is 2.20. The van der Waals surface area contributed by atoms with Crippen LogP contribution in [0.3, 0.4) is 0 Å². The number of piperidine rings is 1. The number of nitrogens with zero attached hydrogens (tertiary/aromatic N) is 2. The van der Waals surface area contributed by atoms with E-state index in [0.717, 1.165) is 37.6 Å². The maximum atomic E-state index is 12.6. The zero-order chi connectivity index (χ0) is 17.1. The second-order valence-corrected chi connectivity index (χ2v) is 6.85. The summed E-state index contributed by atoms with van der Waals surface area (Å²) in [4.78, 5) is 19.4. The zero-order valence-corrected chi connectivity index (χ0v) is 16.8. The molecule has 1 aromatic carbocycles. The van der Waals surface area contributed by atoms with Crippen LogP contribution in [0.5, 0.6) is 0 Å². The first kappa shape index (κ1) is 21.5. The monoisotopic (exact) mass is 408 g/mol. The summed E-state index contributed by atoms with van der Waals surface area (Å²) >= 11 is 0. The third kappa shape index (κ3) is 5.12. The van der Waals surface area contributed by atoms with Gasteiger partial charge in [0.1, 0.15) is 5.82 Å². The lowest BCUT2D eigenvalue weighted by atomic mass is 9.95. The first-order chi connectivity index (χ1) is 12.3. The third-order valence-electron chi connectivity index (χ3n) is 5.09. The Balaban J connectivity index is 0.00000131. The van der Waals surface area contributed by atoms with E-state index in [1.54, 1.807) is 6.20 Å². The van der Waals surface area contributed by atoms with Crippen LogP contribution in [0, 0.1) is 0 Å². The van der Waals surface area contributed by atoms with Crippen LogP contribution in [0.15, 0.2) is 42.6 Å². The molecule has 0 spiro atoms. The summed E-state index contributed by atoms with van der Waals surface area (Å²) in [6.45, 7) is 2.88. The van der Waals surface area contributed by atoms with Crippen LogP contribution in [0.1, 0.15) is 30.4 Å². The predicted octanol–water partition coefficient (Wildman–Crippen LogP) is 3.57. The van der Waals surface area contributed by atoms with Crippen molar-refractivity contribution in [3.63, 3.8) is 0 Å². The molecule has 0 radical (unpaired) electrons. The molecule has 1 fully saturated rings. The third-order valence-corrected chi connectivity index (χ3v) is 5.09. The van der Waals surface area contributed by atoms with Gasteiger partial charge in [-0.2, -0.15) is 0 Å². The fourth-order valence-electron chi connectivity index (χ4n) is 3.64. The van der Waals surface area contributed by atoms with E-state index >= 15 is 0 Å². The Kier molecular flexibility index (Phi) is 7.90. The van der Waals surface area contributed by atoms with Crippen molar-refractivity contribution in [2.24, 2.45) is 0 Å². The van der Waals surface area contributed by atoms with E-state index < -0.39 is 0 Å². The molecule has 2 aliphatic heterocycles. The van der Waals surface area contributed by atoms with Crippen molar-refractivity contribution >= 4 is 42.2 Å². The van der Waals surface area contributed by atoms with Gasteiger partial charge in [0, 0.05) is 19.6 Å². The van der Waals surface area contributed by atoms with Crippen molar-refractivity contribution in [2.45, 2.75) is 38.3 Å². The van der Waals surface area contributed by atoms with Crippen LogP contribution in [0.2, 0.25) is 0 Å². The van der Waals surface area contributed by atoms with Crippen LogP contribution < -0.4 is 15.5 Å². The van der Waals surface area contributed by atoms with Gasteiger partial charge in [0.15, 0.2) is 0 Å². The van der Waals surface area contributed by atoms with E-state index in [1.165, 1.54) is 30.4 Å². The van der Waals surface area contributed by atoms with Crippen molar-refractivity contribution in [3.05, 3.63) is 53.7 Å². The number of hydrogen-bond donors (Lipinski definition) is 2. The summed E-state index contributed by atoms with van der Waals surface area (Å²) in [6.07, 6.45) is 6.26. The van der Waals surface area contributed by atoms with Crippen molar-refractivity contribution in [2.75, 3.05) is 23.3 Å². The van der Waals surface area contributed by atoms with Gasteiger partial charge < -0.3 is 15.5 Å². The fourth-order valence-corrected chi connectivity index (χ4v) is 3.64. The largest absolute Gasteiger partial charge is 0.357 e. The van der Waals surface area contributed by atoms with Gasteiger partial charge in [0.05, 0.1) is 17.9 Å². The molecule has 27 heavy (non-hydrogen) atoms. The number of halogens is 2. The summed E-state index contributed by atoms with van der Waals surface area (Å²) in [5, 5.41) is 6.31. The summed E-state index contributed by atoms with van der Waals surface area (Å²) in [7, 11) is 0. The molecule has 3 heterocycles. The Labute approximate surface area is 172 Å². The Morgan fingerprint density at radius 1 is 1.04 bits per heavy atom. The zero-order valence-electron chi connectivity index (χ0n) is 15.2. The fraction of sp³-hybridized carbons (Fsp3) is 0.400. The molecule has 1 amide bonds. The second-order valence-electron chi connectivity index (χ2n) is 6.85. The molecule has 1 aromatic heterocycles. The highest BCUT2D eigenvalue weighted by atomic mass is 35.5. The standard InChI is InChI=1S/C20H24N4O.2ClH/c25-20(18-12-15-6-2-3-7-16(15)13-21-18)23-17-8-9-19(22-14-17)24-10-4-1-5-11-24;;/h2-3,6-9,14,18,21H,1,4-5,10-13H2,(H,23,25);2*1H. The molecule has 4 rings (SSSR count). The molecule has 1 saturated heterocycles. The van der Waals surface area contributed by atoms with Crippen LogP contribution in [0.25, 0.3) is 0 Å². The number of carbonyl (C=O) groups excluding carboxylic acids is 1. The molecule has 1 atom stereocenters. The molecule has 5 nitrogen and oxygen atoms in total. The molecular formula is C20H26Cl2N4O. The summed E-state index contributed by atoms with van der Waals surface area (Å²) in [6, 6.07) is 12.0. The molecule has 7 heteroatoms. The van der Waals surface area contributed by atoms with Gasteiger partial charge in [-0.25, -0.2) is 4.98 Å². The quantitative estimate of drug-likeness (QED) is 0.814.